The molecule has 0 aromatic carbocycles. The summed E-state index contributed by atoms with van der Waals surface area (Å²) < 4.78 is 11.2. The quantitative estimate of drug-likeness (QED) is 0.571. The Hall–Kier alpha value is -1.18. The number of nitrogens with one attached hydrogen (secondary N) is 2. The predicted octanol–water partition coefficient (Wildman–Crippen LogP) is 2.34. The maximum atomic E-state index is 5.84. The van der Waals surface area contributed by atoms with Crippen LogP contribution in [0.4, 0.5) is 0 Å². The fourth-order valence-corrected chi connectivity index (χ4v) is 3.48. The van der Waals surface area contributed by atoms with E-state index in [1.807, 2.05) is 0 Å². The smallest absolute Gasteiger partial charge is 0.191 e. The Labute approximate surface area is 155 Å². The van der Waals surface area contributed by atoms with Crippen molar-refractivity contribution in [2.24, 2.45) is 4.99 Å². The molecule has 2 unspecified atom stereocenters. The highest BCUT2D eigenvalue weighted by Gasteiger charge is 2.18. The van der Waals surface area contributed by atoms with Gasteiger partial charge in [0.15, 0.2) is 5.96 Å². The second kappa shape index (κ2) is 9.50. The van der Waals surface area contributed by atoms with E-state index in [0.29, 0.717) is 13.2 Å². The Balaban J connectivity index is 1.68. The SMILES string of the molecule is CN=C(NCCc1nc(C(C)(C)C)cs1)NC(C)COC1CCOC1. The van der Waals surface area contributed by atoms with Gasteiger partial charge in [0.05, 0.1) is 30.0 Å². The van der Waals surface area contributed by atoms with Crippen LogP contribution in [-0.2, 0) is 21.3 Å². The minimum atomic E-state index is 0.111. The van der Waals surface area contributed by atoms with Gasteiger partial charge in [-0.3, -0.25) is 4.99 Å². The molecule has 0 bridgehead atoms. The largest absolute Gasteiger partial charge is 0.379 e. The average Bonchev–Trinajstić information content (AvgIpc) is 3.23. The van der Waals surface area contributed by atoms with Crippen LogP contribution in [0.3, 0.4) is 0 Å². The van der Waals surface area contributed by atoms with Gasteiger partial charge in [0.25, 0.3) is 0 Å². The van der Waals surface area contributed by atoms with Gasteiger partial charge in [0.2, 0.25) is 0 Å². The van der Waals surface area contributed by atoms with Crippen LogP contribution in [0.1, 0.15) is 44.8 Å². The minimum absolute atomic E-state index is 0.111. The lowest BCUT2D eigenvalue weighted by Crippen LogP contribution is -2.45. The van der Waals surface area contributed by atoms with Crippen LogP contribution in [-0.4, -0.2) is 56.5 Å². The Morgan fingerprint density at radius 2 is 2.32 bits per heavy atom. The molecule has 1 saturated heterocycles. The van der Waals surface area contributed by atoms with Crippen molar-refractivity contribution >= 4 is 17.3 Å². The Morgan fingerprint density at radius 3 is 2.92 bits per heavy atom. The number of ether oxygens (including phenoxy) is 2. The van der Waals surface area contributed by atoms with E-state index in [0.717, 1.165) is 42.7 Å². The van der Waals surface area contributed by atoms with Crippen molar-refractivity contribution in [1.29, 1.82) is 0 Å². The summed E-state index contributed by atoms with van der Waals surface area (Å²) in [6.45, 7) is 11.6. The summed E-state index contributed by atoms with van der Waals surface area (Å²) in [5.41, 5.74) is 1.27. The zero-order chi connectivity index (χ0) is 18.3. The molecule has 1 fully saturated rings. The van der Waals surface area contributed by atoms with E-state index in [2.05, 4.69) is 48.7 Å². The van der Waals surface area contributed by atoms with Crippen LogP contribution in [0.5, 0.6) is 0 Å². The zero-order valence-corrected chi connectivity index (χ0v) is 16.9. The molecule has 0 spiro atoms. The molecule has 1 aliphatic rings. The second-order valence-corrected chi connectivity index (χ2v) is 8.43. The number of nitrogens with zero attached hydrogens (tertiary/aromatic N) is 2. The first-order valence-electron chi connectivity index (χ1n) is 9.00. The van der Waals surface area contributed by atoms with Crippen LogP contribution in [0.15, 0.2) is 10.4 Å². The lowest BCUT2D eigenvalue weighted by Gasteiger charge is -2.19. The normalized spacial score (nSPS) is 19.9. The molecule has 1 aromatic heterocycles. The van der Waals surface area contributed by atoms with E-state index in [4.69, 9.17) is 14.5 Å². The van der Waals surface area contributed by atoms with E-state index in [1.54, 1.807) is 18.4 Å². The Kier molecular flexibility index (Phi) is 7.65. The van der Waals surface area contributed by atoms with Crippen molar-refractivity contribution in [2.75, 3.05) is 33.4 Å². The molecular weight excluding hydrogens is 336 g/mol. The van der Waals surface area contributed by atoms with Crippen LogP contribution >= 0.6 is 11.3 Å². The summed E-state index contributed by atoms with van der Waals surface area (Å²) in [6.07, 6.45) is 2.12. The average molecular weight is 369 g/mol. The summed E-state index contributed by atoms with van der Waals surface area (Å²) in [7, 11) is 1.79. The highest BCUT2D eigenvalue weighted by molar-refractivity contribution is 7.09. The molecule has 2 rings (SSSR count). The number of hydrogen-bond acceptors (Lipinski definition) is 5. The summed E-state index contributed by atoms with van der Waals surface area (Å²) in [4.78, 5) is 9.01. The zero-order valence-electron chi connectivity index (χ0n) is 16.1. The Bertz CT molecular complexity index is 548. The first kappa shape index (κ1) is 20.1. The van der Waals surface area contributed by atoms with Crippen molar-refractivity contribution in [1.82, 2.24) is 15.6 Å². The molecule has 0 radical (unpaired) electrons. The molecule has 2 N–H and O–H groups in total. The van der Waals surface area contributed by atoms with Gasteiger partial charge in [0, 0.05) is 43.5 Å². The highest BCUT2D eigenvalue weighted by Crippen LogP contribution is 2.23. The molecule has 2 atom stereocenters. The van der Waals surface area contributed by atoms with Crippen LogP contribution in [0.2, 0.25) is 0 Å². The number of thiazole rings is 1. The number of hydrogen-bond donors (Lipinski definition) is 2. The third kappa shape index (κ3) is 6.92. The first-order valence-corrected chi connectivity index (χ1v) is 9.88. The summed E-state index contributed by atoms with van der Waals surface area (Å²) in [6, 6.07) is 0.194. The van der Waals surface area contributed by atoms with Gasteiger partial charge in [-0.1, -0.05) is 20.8 Å². The fraction of sp³-hybridized carbons (Fsp3) is 0.778. The van der Waals surface area contributed by atoms with Gasteiger partial charge < -0.3 is 20.1 Å². The molecule has 6 nitrogen and oxygen atoms in total. The van der Waals surface area contributed by atoms with Gasteiger partial charge in [-0.2, -0.15) is 0 Å². The predicted molar refractivity (Wildman–Crippen MR) is 104 cm³/mol. The van der Waals surface area contributed by atoms with Gasteiger partial charge in [-0.15, -0.1) is 11.3 Å². The third-order valence-corrected chi connectivity index (χ3v) is 4.94. The lowest BCUT2D eigenvalue weighted by molar-refractivity contribution is 0.0347. The molecule has 1 aromatic rings. The van der Waals surface area contributed by atoms with E-state index in [-0.39, 0.29) is 17.6 Å². The van der Waals surface area contributed by atoms with Crippen molar-refractivity contribution < 1.29 is 9.47 Å². The first-order chi connectivity index (χ1) is 11.9. The number of guanidine groups is 1. The van der Waals surface area contributed by atoms with Crippen LogP contribution in [0.25, 0.3) is 0 Å². The number of aromatic nitrogens is 1. The molecule has 0 aliphatic carbocycles. The fourth-order valence-electron chi connectivity index (χ4n) is 2.45. The molecule has 0 amide bonds. The van der Waals surface area contributed by atoms with E-state index in [9.17, 15) is 0 Å². The standard InChI is InChI=1S/C18H32N4O2S/c1-13(10-24-14-7-9-23-11-14)21-17(19-5)20-8-6-16-22-15(12-25-16)18(2,3)4/h12-14H,6-11H2,1-5H3,(H2,19,20,21). The van der Waals surface area contributed by atoms with Gasteiger partial charge in [0.1, 0.15) is 0 Å². The summed E-state index contributed by atoms with van der Waals surface area (Å²) >= 11 is 1.73. The van der Waals surface area contributed by atoms with Crippen LogP contribution < -0.4 is 10.6 Å². The highest BCUT2D eigenvalue weighted by atomic mass is 32.1. The van der Waals surface area contributed by atoms with Crippen LogP contribution in [0, 0.1) is 0 Å². The number of aliphatic imine (C=N–C) groups is 1. The van der Waals surface area contributed by atoms with E-state index in [1.165, 1.54) is 0 Å². The number of rotatable bonds is 7. The monoisotopic (exact) mass is 368 g/mol. The molecule has 1 aliphatic heterocycles. The van der Waals surface area contributed by atoms with E-state index >= 15 is 0 Å². The molecule has 142 valence electrons. The third-order valence-electron chi connectivity index (χ3n) is 4.03. The van der Waals surface area contributed by atoms with Crippen molar-refractivity contribution in [2.45, 2.75) is 58.1 Å². The Morgan fingerprint density at radius 1 is 1.52 bits per heavy atom. The summed E-state index contributed by atoms with van der Waals surface area (Å²) in [5, 5.41) is 10.0. The lowest BCUT2D eigenvalue weighted by atomic mass is 9.93. The van der Waals surface area contributed by atoms with Crippen molar-refractivity contribution in [3.63, 3.8) is 0 Å². The molecule has 2 heterocycles. The molecule has 7 heteroatoms. The topological polar surface area (TPSA) is 67.8 Å². The molecule has 25 heavy (non-hydrogen) atoms. The van der Waals surface area contributed by atoms with Gasteiger partial charge >= 0.3 is 0 Å². The molecule has 0 saturated carbocycles. The second-order valence-electron chi connectivity index (χ2n) is 7.49. The van der Waals surface area contributed by atoms with Crippen molar-refractivity contribution in [3.05, 3.63) is 16.1 Å². The van der Waals surface area contributed by atoms with Gasteiger partial charge in [-0.05, 0) is 13.3 Å². The maximum absolute atomic E-state index is 5.84. The maximum Gasteiger partial charge on any atom is 0.191 e. The minimum Gasteiger partial charge on any atom is -0.379 e. The summed E-state index contributed by atoms with van der Waals surface area (Å²) in [5.74, 6) is 0.798. The molecular formula is C18H32N4O2S. The van der Waals surface area contributed by atoms with Crippen molar-refractivity contribution in [3.8, 4) is 0 Å². The van der Waals surface area contributed by atoms with Gasteiger partial charge in [-0.25, -0.2) is 4.98 Å². The van der Waals surface area contributed by atoms with E-state index < -0.39 is 0 Å².